The normalized spacial score (nSPS) is 11.1. The van der Waals surface area contributed by atoms with Crippen molar-refractivity contribution in [1.29, 1.82) is 0 Å². The third-order valence-electron chi connectivity index (χ3n) is 2.75. The quantitative estimate of drug-likeness (QED) is 0.719. The maximum Gasteiger partial charge on any atom is 0.0417 e. The summed E-state index contributed by atoms with van der Waals surface area (Å²) in [5.41, 5.74) is 1.27. The van der Waals surface area contributed by atoms with Crippen molar-refractivity contribution in [3.8, 4) is 0 Å². The molecule has 0 radical (unpaired) electrons. The van der Waals surface area contributed by atoms with Crippen molar-refractivity contribution in [1.82, 2.24) is 5.32 Å². The monoisotopic (exact) mass is 369 g/mol. The Kier molecular flexibility index (Phi) is 5.97. The van der Waals surface area contributed by atoms with Crippen LogP contribution < -0.4 is 5.32 Å². The van der Waals surface area contributed by atoms with E-state index in [2.05, 4.69) is 53.3 Å². The summed E-state index contributed by atoms with van der Waals surface area (Å²) in [4.78, 5) is 2.40. The molecule has 0 atom stereocenters. The SMILES string of the molecule is CC(C)NCc1ccc(Cl)cc1Sc1cccc(Br)c1. The van der Waals surface area contributed by atoms with Crippen molar-refractivity contribution < 1.29 is 0 Å². The van der Waals surface area contributed by atoms with Crippen molar-refractivity contribution in [3.05, 3.63) is 57.5 Å². The molecule has 0 amide bonds. The largest absolute Gasteiger partial charge is 0.310 e. The first-order chi connectivity index (χ1) is 9.54. The van der Waals surface area contributed by atoms with E-state index in [4.69, 9.17) is 11.6 Å². The smallest absolute Gasteiger partial charge is 0.0417 e. The van der Waals surface area contributed by atoms with Gasteiger partial charge in [-0.05, 0) is 35.9 Å². The van der Waals surface area contributed by atoms with E-state index in [9.17, 15) is 0 Å². The Balaban J connectivity index is 2.22. The van der Waals surface area contributed by atoms with Gasteiger partial charge in [0.25, 0.3) is 0 Å². The van der Waals surface area contributed by atoms with Gasteiger partial charge in [-0.1, -0.05) is 65.3 Å². The number of hydrogen-bond donors (Lipinski definition) is 1. The van der Waals surface area contributed by atoms with Gasteiger partial charge in [0.2, 0.25) is 0 Å². The third kappa shape index (κ3) is 4.81. The van der Waals surface area contributed by atoms with E-state index in [1.54, 1.807) is 11.8 Å². The van der Waals surface area contributed by atoms with E-state index >= 15 is 0 Å². The van der Waals surface area contributed by atoms with Crippen LogP contribution in [0.15, 0.2) is 56.7 Å². The van der Waals surface area contributed by atoms with Gasteiger partial charge in [0.15, 0.2) is 0 Å². The van der Waals surface area contributed by atoms with Gasteiger partial charge in [-0.25, -0.2) is 0 Å². The molecule has 2 aromatic rings. The fraction of sp³-hybridized carbons (Fsp3) is 0.250. The summed E-state index contributed by atoms with van der Waals surface area (Å²) in [5.74, 6) is 0. The first-order valence-corrected chi connectivity index (χ1v) is 8.48. The Morgan fingerprint density at radius 1 is 1.20 bits per heavy atom. The maximum absolute atomic E-state index is 6.13. The molecule has 2 rings (SSSR count). The van der Waals surface area contributed by atoms with Crippen LogP contribution in [0, 0.1) is 0 Å². The van der Waals surface area contributed by atoms with Gasteiger partial charge in [-0.3, -0.25) is 0 Å². The molecule has 1 nitrogen and oxygen atoms in total. The van der Waals surface area contributed by atoms with Crippen molar-refractivity contribution in [2.75, 3.05) is 0 Å². The lowest BCUT2D eigenvalue weighted by atomic mass is 10.2. The maximum atomic E-state index is 6.13. The van der Waals surface area contributed by atoms with E-state index in [1.807, 2.05) is 24.3 Å². The zero-order chi connectivity index (χ0) is 14.5. The number of rotatable bonds is 5. The highest BCUT2D eigenvalue weighted by Gasteiger charge is 2.07. The summed E-state index contributed by atoms with van der Waals surface area (Å²) >= 11 is 11.4. The molecule has 0 unspecified atom stereocenters. The van der Waals surface area contributed by atoms with E-state index in [1.165, 1.54) is 15.4 Å². The Bertz CT molecular complexity index is 586. The lowest BCUT2D eigenvalue weighted by molar-refractivity contribution is 0.585. The zero-order valence-corrected chi connectivity index (χ0v) is 14.6. The van der Waals surface area contributed by atoms with E-state index < -0.39 is 0 Å². The summed E-state index contributed by atoms with van der Waals surface area (Å²) in [7, 11) is 0. The van der Waals surface area contributed by atoms with Crippen LogP contribution >= 0.6 is 39.3 Å². The molecule has 0 saturated carbocycles. The second kappa shape index (κ2) is 7.51. The molecule has 0 saturated heterocycles. The van der Waals surface area contributed by atoms with Crippen LogP contribution in [0.25, 0.3) is 0 Å². The van der Waals surface area contributed by atoms with Crippen LogP contribution in [-0.2, 0) is 6.54 Å². The van der Waals surface area contributed by atoms with Gasteiger partial charge in [-0.15, -0.1) is 0 Å². The van der Waals surface area contributed by atoms with Crippen molar-refractivity contribution in [2.45, 2.75) is 36.2 Å². The zero-order valence-electron chi connectivity index (χ0n) is 11.5. The highest BCUT2D eigenvalue weighted by atomic mass is 79.9. The van der Waals surface area contributed by atoms with Gasteiger partial charge >= 0.3 is 0 Å². The topological polar surface area (TPSA) is 12.0 Å². The summed E-state index contributed by atoms with van der Waals surface area (Å²) in [5, 5.41) is 4.23. The fourth-order valence-electron chi connectivity index (χ4n) is 1.74. The molecule has 20 heavy (non-hydrogen) atoms. The average molecular weight is 371 g/mol. The Hall–Kier alpha value is -0.480. The van der Waals surface area contributed by atoms with Crippen LogP contribution in [-0.4, -0.2) is 6.04 Å². The predicted molar refractivity (Wildman–Crippen MR) is 91.7 cm³/mol. The first-order valence-electron chi connectivity index (χ1n) is 6.50. The Morgan fingerprint density at radius 3 is 2.70 bits per heavy atom. The molecule has 0 heterocycles. The average Bonchev–Trinajstić information content (AvgIpc) is 2.37. The fourth-order valence-corrected chi connectivity index (χ4v) is 3.57. The Labute approximate surface area is 138 Å². The minimum atomic E-state index is 0.467. The molecule has 0 aliphatic heterocycles. The third-order valence-corrected chi connectivity index (χ3v) is 4.57. The predicted octanol–water partition coefficient (Wildman–Crippen LogP) is 5.75. The minimum absolute atomic E-state index is 0.467. The van der Waals surface area contributed by atoms with Gasteiger partial charge < -0.3 is 5.32 Å². The number of nitrogens with one attached hydrogen (secondary N) is 1. The standard InChI is InChI=1S/C16H17BrClNS/c1-11(2)19-10-12-6-7-14(18)9-16(12)20-15-5-3-4-13(17)8-15/h3-9,11,19H,10H2,1-2H3. The molecule has 0 bridgehead atoms. The molecule has 0 fully saturated rings. The molecule has 4 heteroatoms. The molecule has 0 aromatic heterocycles. The Morgan fingerprint density at radius 2 is 2.00 bits per heavy atom. The van der Waals surface area contributed by atoms with Gasteiger partial charge in [0, 0.05) is 31.9 Å². The second-order valence-electron chi connectivity index (χ2n) is 4.85. The molecule has 1 N–H and O–H groups in total. The summed E-state index contributed by atoms with van der Waals surface area (Å²) < 4.78 is 1.09. The molecular weight excluding hydrogens is 354 g/mol. The van der Waals surface area contributed by atoms with Gasteiger partial charge in [0.1, 0.15) is 0 Å². The van der Waals surface area contributed by atoms with Crippen LogP contribution in [0.2, 0.25) is 5.02 Å². The number of halogens is 2. The summed E-state index contributed by atoms with van der Waals surface area (Å²) in [6.07, 6.45) is 0. The van der Waals surface area contributed by atoms with Crippen LogP contribution in [0.3, 0.4) is 0 Å². The molecule has 106 valence electrons. The summed E-state index contributed by atoms with van der Waals surface area (Å²) in [6, 6.07) is 14.8. The minimum Gasteiger partial charge on any atom is -0.310 e. The highest BCUT2D eigenvalue weighted by Crippen LogP contribution is 2.33. The molecule has 0 aliphatic carbocycles. The lowest BCUT2D eigenvalue weighted by Crippen LogP contribution is -2.22. The van der Waals surface area contributed by atoms with Crippen LogP contribution in [0.1, 0.15) is 19.4 Å². The first kappa shape index (κ1) is 15.9. The van der Waals surface area contributed by atoms with Crippen molar-refractivity contribution in [3.63, 3.8) is 0 Å². The van der Waals surface area contributed by atoms with E-state index in [-0.39, 0.29) is 0 Å². The van der Waals surface area contributed by atoms with E-state index in [0.717, 1.165) is 16.0 Å². The molecule has 2 aromatic carbocycles. The van der Waals surface area contributed by atoms with Crippen LogP contribution in [0.4, 0.5) is 0 Å². The molecule has 0 aliphatic rings. The number of benzene rings is 2. The second-order valence-corrected chi connectivity index (χ2v) is 7.31. The van der Waals surface area contributed by atoms with Crippen LogP contribution in [0.5, 0.6) is 0 Å². The summed E-state index contributed by atoms with van der Waals surface area (Å²) in [6.45, 7) is 5.15. The molecular formula is C16H17BrClNS. The number of hydrogen-bond acceptors (Lipinski definition) is 2. The lowest BCUT2D eigenvalue weighted by Gasteiger charge is -2.13. The molecule has 0 spiro atoms. The van der Waals surface area contributed by atoms with Gasteiger partial charge in [-0.2, -0.15) is 0 Å². The van der Waals surface area contributed by atoms with E-state index in [0.29, 0.717) is 6.04 Å². The highest BCUT2D eigenvalue weighted by molar-refractivity contribution is 9.10. The van der Waals surface area contributed by atoms with Crippen molar-refractivity contribution in [2.24, 2.45) is 0 Å². The van der Waals surface area contributed by atoms with Gasteiger partial charge in [0.05, 0.1) is 0 Å². The van der Waals surface area contributed by atoms with Crippen molar-refractivity contribution >= 4 is 39.3 Å².